The van der Waals surface area contributed by atoms with Crippen LogP contribution >= 0.6 is 23.2 Å². The van der Waals surface area contributed by atoms with Gasteiger partial charge < -0.3 is 14.2 Å². The maximum Gasteiger partial charge on any atom is 0.309 e. The number of likely N-dealkylation sites (tertiary alicyclic amines) is 1. The van der Waals surface area contributed by atoms with Gasteiger partial charge in [-0.1, -0.05) is 47.5 Å². The highest BCUT2D eigenvalue weighted by Gasteiger charge is 2.44. The fourth-order valence-corrected chi connectivity index (χ4v) is 8.59. The van der Waals surface area contributed by atoms with Crippen LogP contribution in [0.5, 0.6) is 0 Å². The number of rotatable bonds is 7. The number of nitrogens with zero attached hydrogens (tertiary/aromatic N) is 4. The van der Waals surface area contributed by atoms with Crippen molar-refractivity contribution in [1.82, 2.24) is 13.8 Å². The van der Waals surface area contributed by atoms with Crippen LogP contribution in [0.1, 0.15) is 47.2 Å². The van der Waals surface area contributed by atoms with Crippen molar-refractivity contribution in [3.8, 4) is 0 Å². The van der Waals surface area contributed by atoms with Crippen molar-refractivity contribution >= 4 is 67.3 Å². The Morgan fingerprint density at radius 3 is 2.41 bits per heavy atom. The lowest BCUT2D eigenvalue weighted by atomic mass is 9.82. The topological polar surface area (TPSA) is 101 Å². The molecule has 0 N–H and O–H groups in total. The van der Waals surface area contributed by atoms with Gasteiger partial charge in [0.15, 0.2) is 0 Å². The van der Waals surface area contributed by atoms with Gasteiger partial charge in [0.1, 0.15) is 11.0 Å². The van der Waals surface area contributed by atoms with Gasteiger partial charge in [-0.25, -0.2) is 22.1 Å². The number of hydrogen-bond acceptors (Lipinski definition) is 6. The second-order valence-electron chi connectivity index (χ2n) is 12.4. The Bertz CT molecular complexity index is 1880. The van der Waals surface area contributed by atoms with E-state index in [0.29, 0.717) is 56.0 Å². The van der Waals surface area contributed by atoms with E-state index in [2.05, 4.69) is 0 Å². The summed E-state index contributed by atoms with van der Waals surface area (Å²) >= 11 is 13.1. The number of aryl methyl sites for hydroxylation is 1. The fourth-order valence-electron chi connectivity index (χ4n) is 7.10. The summed E-state index contributed by atoms with van der Waals surface area (Å²) < 4.78 is 48.2. The smallest absolute Gasteiger partial charge is 0.309 e. The first-order valence-electron chi connectivity index (χ1n) is 15.2. The summed E-state index contributed by atoms with van der Waals surface area (Å²) in [5.41, 5.74) is 3.72. The monoisotopic (exact) mass is 688 g/mol. The number of allylic oxidation sites excluding steroid dienone is 1. The van der Waals surface area contributed by atoms with E-state index < -0.39 is 27.8 Å². The van der Waals surface area contributed by atoms with Crippen LogP contribution < -0.4 is 0 Å². The molecule has 4 heterocycles. The molecule has 3 aliphatic rings. The molecular weight excluding hydrogens is 654 g/mol. The van der Waals surface area contributed by atoms with E-state index in [1.165, 1.54) is 23.7 Å². The first-order valence-corrected chi connectivity index (χ1v) is 17.8. The van der Waals surface area contributed by atoms with E-state index in [4.69, 9.17) is 32.9 Å². The zero-order valence-corrected chi connectivity index (χ0v) is 28.1. The van der Waals surface area contributed by atoms with Gasteiger partial charge in [-0.3, -0.25) is 9.59 Å². The molecule has 0 bridgehead atoms. The zero-order chi connectivity index (χ0) is 32.9. The maximum atomic E-state index is 15.9. The van der Waals surface area contributed by atoms with Gasteiger partial charge in [-0.2, -0.15) is 0 Å². The van der Waals surface area contributed by atoms with Crippen molar-refractivity contribution in [3.63, 3.8) is 0 Å². The molecule has 244 valence electrons. The number of sulfonamides is 1. The van der Waals surface area contributed by atoms with Crippen molar-refractivity contribution in [3.05, 3.63) is 75.3 Å². The number of benzene rings is 2. The number of amides is 1. The number of esters is 1. The number of hydrogen-bond donors (Lipinski definition) is 0. The third kappa shape index (κ3) is 6.22. The largest absolute Gasteiger partial charge is 0.469 e. The maximum absolute atomic E-state index is 15.9. The summed E-state index contributed by atoms with van der Waals surface area (Å²) in [5, 5.41) is 0.768. The molecule has 6 rings (SSSR count). The van der Waals surface area contributed by atoms with Crippen LogP contribution in [-0.4, -0.2) is 78.8 Å². The molecule has 0 spiro atoms. The molecule has 46 heavy (non-hydrogen) atoms. The van der Waals surface area contributed by atoms with E-state index in [9.17, 15) is 18.0 Å². The Hall–Kier alpha value is -3.25. The number of ether oxygens (including phenoxy) is 1. The number of carbonyl (C=O) groups is 2. The average molecular weight is 690 g/mol. The van der Waals surface area contributed by atoms with Crippen LogP contribution in [-0.2, 0) is 33.0 Å². The summed E-state index contributed by atoms with van der Waals surface area (Å²) in [6.45, 7) is 1.25. The summed E-state index contributed by atoms with van der Waals surface area (Å²) in [4.78, 5) is 32.3. The van der Waals surface area contributed by atoms with Gasteiger partial charge in [-0.05, 0) is 54.4 Å². The van der Waals surface area contributed by atoms with E-state index in [-0.39, 0.29) is 40.2 Å². The highest BCUT2D eigenvalue weighted by atomic mass is 35.5. The van der Waals surface area contributed by atoms with E-state index in [1.54, 1.807) is 28.8 Å². The molecule has 2 saturated heterocycles. The Balaban J connectivity index is 1.27. The molecule has 3 aliphatic heterocycles. The summed E-state index contributed by atoms with van der Waals surface area (Å²) in [5.74, 6) is -1.16. The SMILES string of the molecule is COC(=O)Cc1ccc(C2=C(Cl)N=C([C@@H]3C[C@H](C4CCN(S(C)(=O)=O)CC4)CN3C(=O)c3ccc4c(c(Cl)cn4C)c3F)C2)cc1. The second-order valence-corrected chi connectivity index (χ2v) is 15.1. The number of aliphatic imine (C=N–C) groups is 1. The van der Waals surface area contributed by atoms with Crippen LogP contribution in [0, 0.1) is 17.7 Å². The number of aromatic nitrogens is 1. The van der Waals surface area contributed by atoms with E-state index >= 15 is 4.39 Å². The van der Waals surface area contributed by atoms with Crippen molar-refractivity contribution in [2.24, 2.45) is 23.9 Å². The van der Waals surface area contributed by atoms with Crippen LogP contribution in [0.15, 0.2) is 52.7 Å². The van der Waals surface area contributed by atoms with Gasteiger partial charge in [0.05, 0.1) is 47.3 Å². The molecule has 2 aromatic carbocycles. The Kier molecular flexibility index (Phi) is 9.06. The van der Waals surface area contributed by atoms with Gasteiger partial charge in [-0.15, -0.1) is 0 Å². The predicted octanol–water partition coefficient (Wildman–Crippen LogP) is 5.64. The first-order chi connectivity index (χ1) is 21.8. The highest BCUT2D eigenvalue weighted by Crippen LogP contribution is 2.41. The summed E-state index contributed by atoms with van der Waals surface area (Å²) in [6.07, 6.45) is 5.39. The number of carbonyl (C=O) groups excluding carboxylic acids is 2. The van der Waals surface area contributed by atoms with Crippen LogP contribution in [0.2, 0.25) is 5.02 Å². The lowest BCUT2D eigenvalue weighted by molar-refractivity contribution is -0.139. The summed E-state index contributed by atoms with van der Waals surface area (Å²) in [7, 11) is -0.160. The minimum Gasteiger partial charge on any atom is -0.469 e. The van der Waals surface area contributed by atoms with E-state index in [1.807, 2.05) is 24.3 Å². The number of halogens is 3. The molecular formula is C33H35Cl2FN4O5S. The first kappa shape index (κ1) is 32.7. The Labute approximate surface area is 277 Å². The van der Waals surface area contributed by atoms with Gasteiger partial charge in [0.25, 0.3) is 5.91 Å². The molecule has 0 saturated carbocycles. The van der Waals surface area contributed by atoms with Gasteiger partial charge in [0, 0.05) is 50.6 Å². The van der Waals surface area contributed by atoms with Crippen LogP contribution in [0.25, 0.3) is 16.5 Å². The molecule has 1 aromatic heterocycles. The Morgan fingerprint density at radius 2 is 1.76 bits per heavy atom. The van der Waals surface area contributed by atoms with Crippen molar-refractivity contribution < 1.29 is 27.1 Å². The standard InChI is InChI=1S/C33H35Cl2FN4O5S/c1-38-18-25(34)30-27(38)9-8-23(31(30)36)33(42)40-17-22(20-10-12-39(13-11-20)46(3,43)44)15-28(40)26-16-24(32(35)37-26)21-6-4-19(5-7-21)14-29(41)45-2/h4-9,18,20,22,28H,10-17H2,1-3H3/t22-,28-/m0/s1. The predicted molar refractivity (Wildman–Crippen MR) is 177 cm³/mol. The molecule has 9 nitrogen and oxygen atoms in total. The van der Waals surface area contributed by atoms with Crippen molar-refractivity contribution in [1.29, 1.82) is 0 Å². The molecule has 2 fully saturated rings. The highest BCUT2D eigenvalue weighted by molar-refractivity contribution is 7.88. The molecule has 0 unspecified atom stereocenters. The number of methoxy groups -OCH3 is 1. The second kappa shape index (κ2) is 12.7. The number of piperidine rings is 1. The molecule has 1 amide bonds. The van der Waals surface area contributed by atoms with Gasteiger partial charge >= 0.3 is 5.97 Å². The zero-order valence-electron chi connectivity index (χ0n) is 25.8. The Morgan fingerprint density at radius 1 is 1.07 bits per heavy atom. The van der Waals surface area contributed by atoms with Crippen LogP contribution in [0.3, 0.4) is 0 Å². The minimum atomic E-state index is -3.28. The molecule has 0 aliphatic carbocycles. The lowest BCUT2D eigenvalue weighted by Crippen LogP contribution is -2.41. The van der Waals surface area contributed by atoms with Crippen molar-refractivity contribution in [2.45, 2.75) is 38.1 Å². The third-order valence-electron chi connectivity index (χ3n) is 9.62. The summed E-state index contributed by atoms with van der Waals surface area (Å²) in [6, 6.07) is 10.3. The lowest BCUT2D eigenvalue weighted by Gasteiger charge is -2.33. The van der Waals surface area contributed by atoms with Gasteiger partial charge in [0.2, 0.25) is 10.0 Å². The van der Waals surface area contributed by atoms with Crippen molar-refractivity contribution in [2.75, 3.05) is 33.0 Å². The molecule has 3 aromatic rings. The average Bonchev–Trinajstić information content (AvgIpc) is 3.72. The third-order valence-corrected chi connectivity index (χ3v) is 11.5. The van der Waals surface area contributed by atoms with Crippen LogP contribution in [0.4, 0.5) is 4.39 Å². The normalized spacial score (nSPS) is 21.3. The molecule has 2 atom stereocenters. The minimum absolute atomic E-state index is 0.0581. The number of fused-ring (bicyclic) bond motifs is 1. The molecule has 0 radical (unpaired) electrons. The molecule has 13 heteroatoms. The quantitative estimate of drug-likeness (QED) is 0.236. The van der Waals surface area contributed by atoms with E-state index in [0.717, 1.165) is 22.4 Å². The fraction of sp³-hybridized carbons (Fsp3) is 0.424.